The molecule has 1 heterocycles. The van der Waals surface area contributed by atoms with Crippen molar-refractivity contribution >= 4 is 0 Å². The first-order chi connectivity index (χ1) is 8.95. The molecule has 0 radical (unpaired) electrons. The van der Waals surface area contributed by atoms with E-state index in [1.54, 1.807) is 0 Å². The second kappa shape index (κ2) is 6.58. The number of likely N-dealkylation sites (tertiary alicyclic amines) is 1. The largest absolute Gasteiger partial charge is 0.393 e. The quantitative estimate of drug-likeness (QED) is 0.847. The first-order valence-corrected chi connectivity index (χ1v) is 8.36. The summed E-state index contributed by atoms with van der Waals surface area (Å²) >= 11 is 0. The van der Waals surface area contributed by atoms with Gasteiger partial charge >= 0.3 is 0 Å². The van der Waals surface area contributed by atoms with Gasteiger partial charge in [-0.1, -0.05) is 27.7 Å². The summed E-state index contributed by atoms with van der Waals surface area (Å²) in [6.07, 6.45) is 4.80. The molecule has 2 heteroatoms. The Morgan fingerprint density at radius 2 is 1.68 bits per heavy atom. The fourth-order valence-corrected chi connectivity index (χ4v) is 4.36. The number of rotatable bonds is 3. The van der Waals surface area contributed by atoms with Gasteiger partial charge in [0.25, 0.3) is 0 Å². The summed E-state index contributed by atoms with van der Waals surface area (Å²) in [5, 5.41) is 10.3. The molecular formula is C17H33NO. The molecular weight excluding hydrogens is 234 g/mol. The highest BCUT2D eigenvalue weighted by molar-refractivity contribution is 4.85. The average molecular weight is 267 g/mol. The highest BCUT2D eigenvalue weighted by atomic mass is 16.3. The normalized spacial score (nSPS) is 41.7. The summed E-state index contributed by atoms with van der Waals surface area (Å²) < 4.78 is 0. The van der Waals surface area contributed by atoms with Crippen LogP contribution in [-0.4, -0.2) is 35.7 Å². The lowest BCUT2D eigenvalue weighted by Crippen LogP contribution is -2.45. The van der Waals surface area contributed by atoms with Crippen LogP contribution in [0, 0.1) is 29.6 Å². The van der Waals surface area contributed by atoms with E-state index in [0.29, 0.717) is 5.92 Å². The van der Waals surface area contributed by atoms with E-state index in [4.69, 9.17) is 0 Å². The number of aliphatic hydroxyl groups excluding tert-OH is 1. The molecule has 1 aliphatic carbocycles. The Bertz CT molecular complexity index is 268. The molecule has 2 fully saturated rings. The Labute approximate surface area is 119 Å². The minimum Gasteiger partial charge on any atom is -0.393 e. The summed E-state index contributed by atoms with van der Waals surface area (Å²) in [4.78, 5) is 2.62. The van der Waals surface area contributed by atoms with Crippen molar-refractivity contribution in [1.29, 1.82) is 0 Å². The average Bonchev–Trinajstić information content (AvgIpc) is 2.30. The van der Waals surface area contributed by atoms with Gasteiger partial charge in [0, 0.05) is 19.6 Å². The Balaban J connectivity index is 1.89. The predicted molar refractivity (Wildman–Crippen MR) is 81.1 cm³/mol. The zero-order valence-electron chi connectivity index (χ0n) is 13.3. The maximum atomic E-state index is 10.3. The molecule has 0 amide bonds. The van der Waals surface area contributed by atoms with Gasteiger partial charge in [0.15, 0.2) is 0 Å². The minimum absolute atomic E-state index is 0.0532. The summed E-state index contributed by atoms with van der Waals surface area (Å²) in [6.45, 7) is 13.0. The van der Waals surface area contributed by atoms with Crippen molar-refractivity contribution in [1.82, 2.24) is 4.90 Å². The Hall–Kier alpha value is -0.0800. The molecule has 0 aromatic rings. The van der Waals surface area contributed by atoms with Gasteiger partial charge in [-0.05, 0) is 55.3 Å². The topological polar surface area (TPSA) is 23.5 Å². The first kappa shape index (κ1) is 15.3. The van der Waals surface area contributed by atoms with E-state index < -0.39 is 0 Å². The van der Waals surface area contributed by atoms with Crippen LogP contribution in [-0.2, 0) is 0 Å². The fraction of sp³-hybridized carbons (Fsp3) is 1.00. The van der Waals surface area contributed by atoms with E-state index in [9.17, 15) is 5.11 Å². The molecule has 1 saturated carbocycles. The number of nitrogens with zero attached hydrogens (tertiary/aromatic N) is 1. The van der Waals surface area contributed by atoms with Gasteiger partial charge in [-0.25, -0.2) is 0 Å². The van der Waals surface area contributed by atoms with Crippen LogP contribution in [0.4, 0.5) is 0 Å². The highest BCUT2D eigenvalue weighted by Gasteiger charge is 2.33. The van der Waals surface area contributed by atoms with Crippen molar-refractivity contribution in [3.05, 3.63) is 0 Å². The second-order valence-electron chi connectivity index (χ2n) is 7.81. The molecule has 2 rings (SSSR count). The molecule has 112 valence electrons. The summed E-state index contributed by atoms with van der Waals surface area (Å²) in [6, 6.07) is 0. The first-order valence-electron chi connectivity index (χ1n) is 8.36. The summed E-state index contributed by atoms with van der Waals surface area (Å²) in [7, 11) is 0. The molecule has 0 aromatic heterocycles. The Kier molecular flexibility index (Phi) is 5.30. The monoisotopic (exact) mass is 267 g/mol. The van der Waals surface area contributed by atoms with Crippen molar-refractivity contribution in [2.24, 2.45) is 29.6 Å². The predicted octanol–water partition coefficient (Wildman–Crippen LogP) is 3.40. The molecule has 1 N–H and O–H groups in total. The van der Waals surface area contributed by atoms with Crippen molar-refractivity contribution in [2.45, 2.75) is 59.5 Å². The zero-order chi connectivity index (χ0) is 14.0. The van der Waals surface area contributed by atoms with Crippen LogP contribution < -0.4 is 0 Å². The van der Waals surface area contributed by atoms with Gasteiger partial charge in [-0.15, -0.1) is 0 Å². The van der Waals surface area contributed by atoms with Crippen LogP contribution in [0.25, 0.3) is 0 Å². The Morgan fingerprint density at radius 3 is 2.26 bits per heavy atom. The van der Waals surface area contributed by atoms with Gasteiger partial charge in [0.2, 0.25) is 0 Å². The Morgan fingerprint density at radius 1 is 1.05 bits per heavy atom. The van der Waals surface area contributed by atoms with Crippen LogP contribution >= 0.6 is 0 Å². The van der Waals surface area contributed by atoms with Crippen molar-refractivity contribution < 1.29 is 5.11 Å². The van der Waals surface area contributed by atoms with E-state index in [1.807, 2.05) is 0 Å². The van der Waals surface area contributed by atoms with Gasteiger partial charge in [0.1, 0.15) is 0 Å². The van der Waals surface area contributed by atoms with E-state index in [-0.39, 0.29) is 6.10 Å². The van der Waals surface area contributed by atoms with Crippen LogP contribution in [0.5, 0.6) is 0 Å². The lowest BCUT2D eigenvalue weighted by molar-refractivity contribution is 0.00692. The maximum Gasteiger partial charge on any atom is 0.0580 e. The number of hydrogen-bond acceptors (Lipinski definition) is 2. The standard InChI is InChI=1S/C17H33NO/c1-12(2)15-5-6-17(19)16(8-15)11-18-9-13(3)7-14(4)10-18/h12-17,19H,5-11H2,1-4H3. The van der Waals surface area contributed by atoms with E-state index in [2.05, 4.69) is 32.6 Å². The van der Waals surface area contributed by atoms with Crippen LogP contribution in [0.2, 0.25) is 0 Å². The molecule has 5 atom stereocenters. The second-order valence-corrected chi connectivity index (χ2v) is 7.81. The number of piperidine rings is 1. The summed E-state index contributed by atoms with van der Waals surface area (Å²) in [5.41, 5.74) is 0. The van der Waals surface area contributed by atoms with Crippen molar-refractivity contribution in [2.75, 3.05) is 19.6 Å². The van der Waals surface area contributed by atoms with Crippen LogP contribution in [0.3, 0.4) is 0 Å². The highest BCUT2D eigenvalue weighted by Crippen LogP contribution is 2.35. The molecule has 0 bridgehead atoms. The SMILES string of the molecule is CC1CC(C)CN(CC2CC(C(C)C)CCC2O)C1. The smallest absolute Gasteiger partial charge is 0.0580 e. The molecule has 0 aromatic carbocycles. The number of aliphatic hydroxyl groups is 1. The third-order valence-electron chi connectivity index (χ3n) is 5.36. The maximum absolute atomic E-state index is 10.3. The van der Waals surface area contributed by atoms with Gasteiger partial charge in [0.05, 0.1) is 6.10 Å². The fourth-order valence-electron chi connectivity index (χ4n) is 4.36. The summed E-state index contributed by atoms with van der Waals surface area (Å²) in [5.74, 6) is 3.76. The van der Waals surface area contributed by atoms with Crippen LogP contribution in [0.1, 0.15) is 53.4 Å². The molecule has 2 aliphatic rings. The molecule has 1 aliphatic heterocycles. The minimum atomic E-state index is -0.0532. The molecule has 2 nitrogen and oxygen atoms in total. The zero-order valence-corrected chi connectivity index (χ0v) is 13.3. The molecule has 19 heavy (non-hydrogen) atoms. The lowest BCUT2D eigenvalue weighted by Gasteiger charge is -2.41. The van der Waals surface area contributed by atoms with Crippen LogP contribution in [0.15, 0.2) is 0 Å². The lowest BCUT2D eigenvalue weighted by atomic mass is 9.74. The molecule has 1 saturated heterocycles. The molecule has 5 unspecified atom stereocenters. The molecule has 0 spiro atoms. The van der Waals surface area contributed by atoms with Crippen molar-refractivity contribution in [3.8, 4) is 0 Å². The van der Waals surface area contributed by atoms with Crippen molar-refractivity contribution in [3.63, 3.8) is 0 Å². The number of hydrogen-bond donors (Lipinski definition) is 1. The third kappa shape index (κ3) is 4.19. The van der Waals surface area contributed by atoms with Gasteiger partial charge in [-0.3, -0.25) is 0 Å². The van der Waals surface area contributed by atoms with Gasteiger partial charge in [-0.2, -0.15) is 0 Å². The van der Waals surface area contributed by atoms with Gasteiger partial charge < -0.3 is 10.0 Å². The van der Waals surface area contributed by atoms with E-state index in [1.165, 1.54) is 32.4 Å². The van der Waals surface area contributed by atoms with E-state index in [0.717, 1.165) is 36.6 Å². The van der Waals surface area contributed by atoms with E-state index >= 15 is 0 Å². The third-order valence-corrected chi connectivity index (χ3v) is 5.36.